The monoisotopic (exact) mass is 557 g/mol. The zero-order valence-electron chi connectivity index (χ0n) is 21.1. The van der Waals surface area contributed by atoms with Gasteiger partial charge in [-0.25, -0.2) is 9.79 Å². The second-order valence-electron chi connectivity index (χ2n) is 8.56. The van der Waals surface area contributed by atoms with Crippen molar-refractivity contribution in [3.63, 3.8) is 0 Å². The average molecular weight is 558 g/mol. The molecular formula is C29H23N3O5S2. The van der Waals surface area contributed by atoms with E-state index in [2.05, 4.69) is 0 Å². The average Bonchev–Trinajstić information content (AvgIpc) is 3.27. The van der Waals surface area contributed by atoms with Gasteiger partial charge < -0.3 is 4.74 Å². The maximum atomic E-state index is 13.9. The first kappa shape index (κ1) is 26.3. The Morgan fingerprint density at radius 1 is 1.13 bits per heavy atom. The van der Waals surface area contributed by atoms with Crippen LogP contribution in [0, 0.1) is 10.1 Å². The second-order valence-corrected chi connectivity index (χ2v) is 10.4. The van der Waals surface area contributed by atoms with Crippen molar-refractivity contribution in [3.8, 4) is 0 Å². The molecule has 2 heterocycles. The van der Waals surface area contributed by atoms with Gasteiger partial charge in [0.2, 0.25) is 0 Å². The number of nitrogens with zero attached hydrogens (tertiary/aromatic N) is 3. The molecule has 5 rings (SSSR count). The normalized spacial score (nSPS) is 15.0. The molecule has 39 heavy (non-hydrogen) atoms. The lowest BCUT2D eigenvalue weighted by Crippen LogP contribution is -2.40. The first-order valence-electron chi connectivity index (χ1n) is 12.1. The third-order valence-electron chi connectivity index (χ3n) is 6.18. The Bertz CT molecular complexity index is 1770. The maximum absolute atomic E-state index is 13.9. The largest absolute Gasteiger partial charge is 0.463 e. The summed E-state index contributed by atoms with van der Waals surface area (Å²) >= 11 is 2.76. The summed E-state index contributed by atoms with van der Waals surface area (Å²) in [5.74, 6) is -0.549. The van der Waals surface area contributed by atoms with E-state index < -0.39 is 16.9 Å². The van der Waals surface area contributed by atoms with Gasteiger partial charge in [0.25, 0.3) is 11.2 Å². The lowest BCUT2D eigenvalue weighted by Gasteiger charge is -2.26. The zero-order chi connectivity index (χ0) is 27.5. The zero-order valence-corrected chi connectivity index (χ0v) is 22.7. The minimum atomic E-state index is -0.779. The summed E-state index contributed by atoms with van der Waals surface area (Å²) < 4.78 is 7.34. The van der Waals surface area contributed by atoms with Crippen LogP contribution in [0.25, 0.3) is 11.8 Å². The van der Waals surface area contributed by atoms with Gasteiger partial charge in [-0.1, -0.05) is 65.9 Å². The number of fused-ring (bicyclic) bond motifs is 1. The number of aromatic nitrogens is 1. The van der Waals surface area contributed by atoms with E-state index in [1.165, 1.54) is 28.0 Å². The molecule has 1 aromatic heterocycles. The molecule has 0 N–H and O–H groups in total. The number of carbonyl (C=O) groups is 1. The van der Waals surface area contributed by atoms with Crippen molar-refractivity contribution in [2.45, 2.75) is 17.9 Å². The fourth-order valence-electron chi connectivity index (χ4n) is 4.42. The number of nitro groups is 1. The summed E-state index contributed by atoms with van der Waals surface area (Å²) in [5, 5.41) is 11.3. The molecule has 8 nitrogen and oxygen atoms in total. The molecule has 0 spiro atoms. The molecule has 4 aromatic rings. The molecule has 0 unspecified atom stereocenters. The highest BCUT2D eigenvalue weighted by Crippen LogP contribution is 2.35. The number of thiazole rings is 1. The van der Waals surface area contributed by atoms with Crippen molar-refractivity contribution >= 4 is 46.5 Å². The molecule has 1 atom stereocenters. The molecule has 0 fully saturated rings. The summed E-state index contributed by atoms with van der Waals surface area (Å²) in [6.07, 6.45) is 3.59. The van der Waals surface area contributed by atoms with E-state index >= 15 is 0 Å². The Kier molecular flexibility index (Phi) is 7.58. The predicted octanol–water partition coefficient (Wildman–Crippen LogP) is 4.57. The number of thioether (sulfide) groups is 1. The van der Waals surface area contributed by atoms with Crippen molar-refractivity contribution in [1.82, 2.24) is 4.57 Å². The van der Waals surface area contributed by atoms with Crippen LogP contribution in [0.4, 0.5) is 5.69 Å². The predicted molar refractivity (Wildman–Crippen MR) is 152 cm³/mol. The molecule has 0 amide bonds. The van der Waals surface area contributed by atoms with E-state index in [9.17, 15) is 19.7 Å². The molecule has 3 aromatic carbocycles. The first-order chi connectivity index (χ1) is 18.9. The summed E-state index contributed by atoms with van der Waals surface area (Å²) in [6.45, 7) is 1.90. The minimum Gasteiger partial charge on any atom is -0.463 e. The standard InChI is InChI=1S/C29H23N3O5S2/c1-3-37-28(34)24-25(19-9-5-4-6-10-19)30-29-31(26(24)20-12-14-22(38-2)15-13-20)27(33)23(39-29)17-18-8-7-11-21(16-18)32(35)36/h4-17,26H,3H2,1-2H3/b23-17-/t26-/m1/s1. The molecule has 0 aliphatic carbocycles. The van der Waals surface area contributed by atoms with Gasteiger partial charge in [-0.15, -0.1) is 11.8 Å². The van der Waals surface area contributed by atoms with Crippen LogP contribution >= 0.6 is 23.1 Å². The number of hydrogen-bond acceptors (Lipinski definition) is 8. The third-order valence-corrected chi connectivity index (χ3v) is 7.91. The highest BCUT2D eigenvalue weighted by Gasteiger charge is 2.35. The van der Waals surface area contributed by atoms with Gasteiger partial charge >= 0.3 is 5.97 Å². The SMILES string of the molecule is CCOC(=O)C1=C(c2ccccc2)N=c2s/c(=C\c3cccc([N+](=O)[O-])c3)c(=O)n2[C@@H]1c1ccc(SC)cc1. The van der Waals surface area contributed by atoms with Crippen LogP contribution in [0.3, 0.4) is 0 Å². The second kappa shape index (κ2) is 11.2. The fourth-order valence-corrected chi connectivity index (χ4v) is 5.83. The number of non-ortho nitro benzene ring substituents is 1. The Balaban J connectivity index is 1.80. The van der Waals surface area contributed by atoms with Crippen LogP contribution in [0.15, 0.2) is 99.1 Å². The Hall–Kier alpha value is -4.28. The van der Waals surface area contributed by atoms with Crippen molar-refractivity contribution < 1.29 is 14.5 Å². The molecule has 0 saturated heterocycles. The molecule has 1 aliphatic rings. The highest BCUT2D eigenvalue weighted by atomic mass is 32.2. The quantitative estimate of drug-likeness (QED) is 0.143. The lowest BCUT2D eigenvalue weighted by atomic mass is 9.93. The summed E-state index contributed by atoms with van der Waals surface area (Å²) in [5.41, 5.74) is 2.27. The summed E-state index contributed by atoms with van der Waals surface area (Å²) in [7, 11) is 0. The topological polar surface area (TPSA) is 104 Å². The van der Waals surface area contributed by atoms with E-state index in [1.807, 2.05) is 60.9 Å². The maximum Gasteiger partial charge on any atom is 0.338 e. The Morgan fingerprint density at radius 2 is 1.87 bits per heavy atom. The van der Waals surface area contributed by atoms with Crippen molar-refractivity contribution in [3.05, 3.63) is 131 Å². The van der Waals surface area contributed by atoms with Gasteiger partial charge in [-0.2, -0.15) is 0 Å². The van der Waals surface area contributed by atoms with Crippen molar-refractivity contribution in [1.29, 1.82) is 0 Å². The number of ether oxygens (including phenoxy) is 1. The van der Waals surface area contributed by atoms with E-state index in [4.69, 9.17) is 9.73 Å². The van der Waals surface area contributed by atoms with Crippen LogP contribution in [0.1, 0.15) is 29.7 Å². The van der Waals surface area contributed by atoms with Crippen LogP contribution in [0.5, 0.6) is 0 Å². The molecule has 0 saturated carbocycles. The van der Waals surface area contributed by atoms with Crippen LogP contribution in [-0.2, 0) is 9.53 Å². The van der Waals surface area contributed by atoms with E-state index in [0.717, 1.165) is 16.0 Å². The van der Waals surface area contributed by atoms with E-state index in [0.29, 0.717) is 20.6 Å². The number of nitro benzene ring substituents is 1. The minimum absolute atomic E-state index is 0.0701. The van der Waals surface area contributed by atoms with Gasteiger partial charge in [0, 0.05) is 22.6 Å². The van der Waals surface area contributed by atoms with Gasteiger partial charge in [-0.3, -0.25) is 19.5 Å². The molecular weight excluding hydrogens is 534 g/mol. The Labute approximate surface area is 231 Å². The fraction of sp³-hybridized carbons (Fsp3) is 0.138. The summed E-state index contributed by atoms with van der Waals surface area (Å²) in [6, 6.07) is 22.3. The summed E-state index contributed by atoms with van der Waals surface area (Å²) in [4.78, 5) is 44.4. The number of esters is 1. The number of benzene rings is 3. The highest BCUT2D eigenvalue weighted by molar-refractivity contribution is 7.98. The number of rotatable bonds is 7. The molecule has 0 radical (unpaired) electrons. The lowest BCUT2D eigenvalue weighted by molar-refractivity contribution is -0.384. The van der Waals surface area contributed by atoms with Crippen LogP contribution in [0.2, 0.25) is 0 Å². The first-order valence-corrected chi connectivity index (χ1v) is 14.1. The molecule has 196 valence electrons. The van der Waals surface area contributed by atoms with Crippen molar-refractivity contribution in [2.24, 2.45) is 4.99 Å². The van der Waals surface area contributed by atoms with Crippen LogP contribution in [-0.4, -0.2) is 28.3 Å². The Morgan fingerprint density at radius 3 is 2.54 bits per heavy atom. The van der Waals surface area contributed by atoms with Gasteiger partial charge in [0.1, 0.15) is 0 Å². The van der Waals surface area contributed by atoms with Gasteiger partial charge in [0.15, 0.2) is 4.80 Å². The molecule has 0 bridgehead atoms. The van der Waals surface area contributed by atoms with Crippen LogP contribution < -0.4 is 14.9 Å². The number of carbonyl (C=O) groups excluding carboxylic acids is 1. The van der Waals surface area contributed by atoms with Gasteiger partial charge in [0.05, 0.1) is 33.4 Å². The molecule has 10 heteroatoms. The van der Waals surface area contributed by atoms with Crippen molar-refractivity contribution in [2.75, 3.05) is 12.9 Å². The van der Waals surface area contributed by atoms with E-state index in [1.54, 1.807) is 36.9 Å². The van der Waals surface area contributed by atoms with Gasteiger partial charge in [-0.05, 0) is 42.5 Å². The number of hydrogen-bond donors (Lipinski definition) is 0. The van der Waals surface area contributed by atoms with E-state index in [-0.39, 0.29) is 23.4 Å². The smallest absolute Gasteiger partial charge is 0.338 e. The third kappa shape index (κ3) is 5.21. The molecule has 1 aliphatic heterocycles.